The van der Waals surface area contributed by atoms with Crippen molar-refractivity contribution >= 4 is 18.3 Å². The molecule has 4 nitrogen and oxygen atoms in total. The van der Waals surface area contributed by atoms with Crippen LogP contribution in [-0.2, 0) is 14.9 Å². The monoisotopic (exact) mass is 316 g/mol. The number of nitrogens with two attached hydrogens (primary N) is 1. The van der Waals surface area contributed by atoms with E-state index in [4.69, 9.17) is 10.5 Å². The van der Waals surface area contributed by atoms with Gasteiger partial charge in [0.1, 0.15) is 5.82 Å². The standard InChI is InChI=1S/C15H21FN2O2.ClH/c1-11(10-17)18-14(19)15(5-7-20-8-6-15)12-3-2-4-13(16)9-12;/h2-4,9,11H,5-8,10,17H2,1H3,(H,18,19);1H/t11-;/m0./s1. The van der Waals surface area contributed by atoms with Crippen LogP contribution in [0.25, 0.3) is 0 Å². The number of ether oxygens (including phenoxy) is 1. The molecule has 0 bridgehead atoms. The first-order chi connectivity index (χ1) is 9.58. The van der Waals surface area contributed by atoms with Crippen molar-refractivity contribution in [1.29, 1.82) is 0 Å². The molecule has 1 atom stereocenters. The number of benzene rings is 1. The molecular weight excluding hydrogens is 295 g/mol. The zero-order chi connectivity index (χ0) is 14.6. The number of hydrogen-bond acceptors (Lipinski definition) is 3. The van der Waals surface area contributed by atoms with Gasteiger partial charge in [-0.05, 0) is 37.5 Å². The van der Waals surface area contributed by atoms with E-state index in [-0.39, 0.29) is 30.2 Å². The van der Waals surface area contributed by atoms with Crippen molar-refractivity contribution in [2.75, 3.05) is 19.8 Å². The summed E-state index contributed by atoms with van der Waals surface area (Å²) in [5.41, 5.74) is 5.55. The molecule has 1 fully saturated rings. The molecule has 0 aromatic heterocycles. The van der Waals surface area contributed by atoms with Crippen LogP contribution in [0.3, 0.4) is 0 Å². The number of halogens is 2. The van der Waals surface area contributed by atoms with E-state index < -0.39 is 5.41 Å². The smallest absolute Gasteiger partial charge is 0.231 e. The third-order valence-corrected chi connectivity index (χ3v) is 3.89. The maximum atomic E-state index is 13.5. The Morgan fingerprint density at radius 2 is 2.14 bits per heavy atom. The van der Waals surface area contributed by atoms with Gasteiger partial charge in [0, 0.05) is 25.8 Å². The number of hydrogen-bond donors (Lipinski definition) is 2. The molecule has 6 heteroatoms. The summed E-state index contributed by atoms with van der Waals surface area (Å²) in [6.07, 6.45) is 1.11. The molecule has 1 heterocycles. The molecule has 1 aliphatic rings. The van der Waals surface area contributed by atoms with Crippen LogP contribution in [-0.4, -0.2) is 31.7 Å². The molecule has 1 amide bonds. The normalized spacial score (nSPS) is 18.4. The maximum absolute atomic E-state index is 13.5. The molecule has 0 aliphatic carbocycles. The van der Waals surface area contributed by atoms with Gasteiger partial charge in [0.2, 0.25) is 5.91 Å². The molecule has 1 aromatic rings. The van der Waals surface area contributed by atoms with Crippen LogP contribution in [0.5, 0.6) is 0 Å². The summed E-state index contributed by atoms with van der Waals surface area (Å²) < 4.78 is 18.9. The van der Waals surface area contributed by atoms with Crippen molar-refractivity contribution in [3.8, 4) is 0 Å². The van der Waals surface area contributed by atoms with Crippen LogP contribution in [0, 0.1) is 5.82 Å². The van der Waals surface area contributed by atoms with E-state index in [2.05, 4.69) is 5.32 Å². The zero-order valence-electron chi connectivity index (χ0n) is 12.1. The molecule has 21 heavy (non-hydrogen) atoms. The van der Waals surface area contributed by atoms with Crippen LogP contribution in [0.4, 0.5) is 4.39 Å². The molecule has 1 aliphatic heterocycles. The largest absolute Gasteiger partial charge is 0.381 e. The van der Waals surface area contributed by atoms with Crippen molar-refractivity contribution < 1.29 is 13.9 Å². The fourth-order valence-electron chi connectivity index (χ4n) is 2.57. The van der Waals surface area contributed by atoms with Gasteiger partial charge in [-0.15, -0.1) is 12.4 Å². The number of carbonyl (C=O) groups is 1. The minimum Gasteiger partial charge on any atom is -0.381 e. The number of amides is 1. The van der Waals surface area contributed by atoms with Crippen LogP contribution in [0.2, 0.25) is 0 Å². The molecule has 3 N–H and O–H groups in total. The molecule has 0 spiro atoms. The number of carbonyl (C=O) groups excluding carboxylic acids is 1. The molecule has 1 saturated heterocycles. The summed E-state index contributed by atoms with van der Waals surface area (Å²) in [5.74, 6) is -0.419. The summed E-state index contributed by atoms with van der Waals surface area (Å²) in [6, 6.07) is 6.17. The molecular formula is C15H22ClFN2O2. The second kappa shape index (κ2) is 7.73. The van der Waals surface area contributed by atoms with Crippen molar-refractivity contribution in [3.63, 3.8) is 0 Å². The second-order valence-corrected chi connectivity index (χ2v) is 5.32. The lowest BCUT2D eigenvalue weighted by Crippen LogP contribution is -2.51. The van der Waals surface area contributed by atoms with Gasteiger partial charge in [-0.25, -0.2) is 4.39 Å². The zero-order valence-corrected chi connectivity index (χ0v) is 12.9. The Bertz CT molecular complexity index is 478. The quantitative estimate of drug-likeness (QED) is 0.889. The Balaban J connectivity index is 0.00000220. The minimum atomic E-state index is -0.718. The summed E-state index contributed by atoms with van der Waals surface area (Å²) in [6.45, 7) is 3.24. The van der Waals surface area contributed by atoms with Crippen LogP contribution in [0.15, 0.2) is 24.3 Å². The Morgan fingerprint density at radius 3 is 2.71 bits per heavy atom. The van der Waals surface area contributed by atoms with Crippen molar-refractivity contribution in [2.24, 2.45) is 5.73 Å². The molecule has 0 radical (unpaired) electrons. The van der Waals surface area contributed by atoms with Gasteiger partial charge < -0.3 is 15.8 Å². The van der Waals surface area contributed by atoms with E-state index in [0.717, 1.165) is 0 Å². The van der Waals surface area contributed by atoms with Crippen molar-refractivity contribution in [3.05, 3.63) is 35.6 Å². The number of nitrogens with one attached hydrogen (secondary N) is 1. The first-order valence-electron chi connectivity index (χ1n) is 6.93. The average molecular weight is 317 g/mol. The predicted octanol–water partition coefficient (Wildman–Crippen LogP) is 1.76. The summed E-state index contributed by atoms with van der Waals surface area (Å²) in [5, 5.41) is 2.92. The summed E-state index contributed by atoms with van der Waals surface area (Å²) >= 11 is 0. The fraction of sp³-hybridized carbons (Fsp3) is 0.533. The topological polar surface area (TPSA) is 64.3 Å². The molecule has 118 valence electrons. The SMILES string of the molecule is C[C@@H](CN)NC(=O)C1(c2cccc(F)c2)CCOCC1.Cl. The maximum Gasteiger partial charge on any atom is 0.231 e. The summed E-state index contributed by atoms with van der Waals surface area (Å²) in [7, 11) is 0. The van der Waals surface area contributed by atoms with Crippen LogP contribution >= 0.6 is 12.4 Å². The first kappa shape index (κ1) is 17.9. The van der Waals surface area contributed by atoms with Gasteiger partial charge in [0.05, 0.1) is 5.41 Å². The Hall–Kier alpha value is -1.17. The van der Waals surface area contributed by atoms with E-state index in [1.807, 2.05) is 6.92 Å². The third kappa shape index (κ3) is 3.93. The first-order valence-corrected chi connectivity index (χ1v) is 6.93. The predicted molar refractivity (Wildman–Crippen MR) is 82.0 cm³/mol. The van der Waals surface area contributed by atoms with E-state index in [9.17, 15) is 9.18 Å². The molecule has 1 aromatic carbocycles. The van der Waals surface area contributed by atoms with Gasteiger partial charge in [0.15, 0.2) is 0 Å². The molecule has 2 rings (SSSR count). The van der Waals surface area contributed by atoms with Crippen molar-refractivity contribution in [1.82, 2.24) is 5.32 Å². The highest BCUT2D eigenvalue weighted by Gasteiger charge is 2.42. The molecule has 0 saturated carbocycles. The van der Waals surface area contributed by atoms with Gasteiger partial charge >= 0.3 is 0 Å². The van der Waals surface area contributed by atoms with Crippen molar-refractivity contribution in [2.45, 2.75) is 31.2 Å². The highest BCUT2D eigenvalue weighted by atomic mass is 35.5. The second-order valence-electron chi connectivity index (χ2n) is 5.32. The van der Waals surface area contributed by atoms with Gasteiger partial charge in [-0.3, -0.25) is 4.79 Å². The fourth-order valence-corrected chi connectivity index (χ4v) is 2.57. The Morgan fingerprint density at radius 1 is 1.48 bits per heavy atom. The lowest BCUT2D eigenvalue weighted by molar-refractivity contribution is -0.131. The van der Waals surface area contributed by atoms with E-state index in [1.165, 1.54) is 12.1 Å². The van der Waals surface area contributed by atoms with E-state index in [1.54, 1.807) is 12.1 Å². The highest BCUT2D eigenvalue weighted by molar-refractivity contribution is 5.88. The molecule has 0 unspecified atom stereocenters. The lowest BCUT2D eigenvalue weighted by atomic mass is 9.73. The Labute approximate surface area is 130 Å². The lowest BCUT2D eigenvalue weighted by Gasteiger charge is -2.37. The average Bonchev–Trinajstić information content (AvgIpc) is 2.47. The van der Waals surface area contributed by atoms with Gasteiger partial charge in [0.25, 0.3) is 0 Å². The van der Waals surface area contributed by atoms with Crippen LogP contribution < -0.4 is 11.1 Å². The minimum absolute atomic E-state index is 0. The van der Waals surface area contributed by atoms with Gasteiger partial charge in [-0.1, -0.05) is 12.1 Å². The van der Waals surface area contributed by atoms with E-state index in [0.29, 0.717) is 38.2 Å². The van der Waals surface area contributed by atoms with E-state index >= 15 is 0 Å². The summed E-state index contributed by atoms with van der Waals surface area (Å²) in [4.78, 5) is 12.7. The third-order valence-electron chi connectivity index (χ3n) is 3.89. The van der Waals surface area contributed by atoms with Crippen LogP contribution in [0.1, 0.15) is 25.3 Å². The highest BCUT2D eigenvalue weighted by Crippen LogP contribution is 2.35. The van der Waals surface area contributed by atoms with Gasteiger partial charge in [-0.2, -0.15) is 0 Å². The Kier molecular flexibility index (Phi) is 6.58. The number of rotatable bonds is 4.